The van der Waals surface area contributed by atoms with Gasteiger partial charge in [-0.2, -0.15) is 13.2 Å². The highest BCUT2D eigenvalue weighted by Gasteiger charge is 2.42. The normalized spacial score (nSPS) is 14.7. The van der Waals surface area contributed by atoms with Crippen LogP contribution >= 0.6 is 46.5 Å². The van der Waals surface area contributed by atoms with E-state index in [1.807, 2.05) is 0 Å². The number of aliphatic imine (C=N–C) groups is 1. The third-order valence-corrected chi connectivity index (χ3v) is 10.6. The number of fused-ring (bicyclic) bond motifs is 1. The number of thioether (sulfide) groups is 2. The van der Waals surface area contributed by atoms with Gasteiger partial charge in [0.2, 0.25) is 4.80 Å². The zero-order chi connectivity index (χ0) is 37.6. The van der Waals surface area contributed by atoms with Crippen LogP contribution in [0.15, 0.2) is 31.8 Å². The smallest absolute Gasteiger partial charge is 0.434 e. The van der Waals surface area contributed by atoms with E-state index >= 15 is 0 Å². The monoisotopic (exact) mass is 799 g/mol. The Morgan fingerprint density at radius 1 is 1.12 bits per heavy atom. The van der Waals surface area contributed by atoms with E-state index in [2.05, 4.69) is 24.4 Å². The molecular weight excluding hydrogens is 768 g/mol. The van der Waals surface area contributed by atoms with Crippen molar-refractivity contribution in [2.75, 3.05) is 32.3 Å². The minimum Gasteiger partial charge on any atom is -0.468 e. The summed E-state index contributed by atoms with van der Waals surface area (Å²) in [4.78, 5) is 47.8. The van der Waals surface area contributed by atoms with Gasteiger partial charge in [-0.05, 0) is 54.2 Å². The lowest BCUT2D eigenvalue weighted by atomic mass is 9.91. The van der Waals surface area contributed by atoms with Crippen molar-refractivity contribution in [1.82, 2.24) is 14.3 Å². The Morgan fingerprint density at radius 3 is 2.37 bits per heavy atom. The first-order valence-electron chi connectivity index (χ1n) is 15.3. The molecule has 0 unspecified atom stereocenters. The van der Waals surface area contributed by atoms with Crippen LogP contribution in [0.5, 0.6) is 0 Å². The summed E-state index contributed by atoms with van der Waals surface area (Å²) in [5.74, 6) is -1.79. The molecule has 20 heteroatoms. The number of methoxy groups -OCH3 is 2. The van der Waals surface area contributed by atoms with E-state index in [9.17, 15) is 40.7 Å². The summed E-state index contributed by atoms with van der Waals surface area (Å²) < 4.78 is 94.5. The van der Waals surface area contributed by atoms with Gasteiger partial charge in [-0.15, -0.1) is 23.5 Å². The maximum absolute atomic E-state index is 14.3. The molecule has 0 bridgehead atoms. The van der Waals surface area contributed by atoms with Crippen LogP contribution in [0.1, 0.15) is 66.0 Å². The van der Waals surface area contributed by atoms with Gasteiger partial charge in [0, 0.05) is 35.8 Å². The SMILES string of the molecule is COC(=O)CSc1cc(/N=c2\sc(=O)n3n2CCCC3)c(F)cc1Cl.COC(=O)c1c(C(F)F)nc(C(F)(F)F)c(C2=NCCS2)c1CC(C)C. The Labute approximate surface area is 305 Å². The summed E-state index contributed by atoms with van der Waals surface area (Å²) in [5.41, 5.74) is -3.71. The molecule has 5 rings (SSSR count). The lowest BCUT2D eigenvalue weighted by molar-refractivity contribution is -0.141. The van der Waals surface area contributed by atoms with Crippen molar-refractivity contribution in [3.8, 4) is 0 Å². The van der Waals surface area contributed by atoms with Crippen LogP contribution in [-0.4, -0.2) is 63.6 Å². The molecule has 1 aromatic carbocycles. The zero-order valence-corrected chi connectivity index (χ0v) is 30.8. The van der Waals surface area contributed by atoms with Crippen LogP contribution < -0.4 is 9.67 Å². The molecule has 0 amide bonds. The van der Waals surface area contributed by atoms with Crippen LogP contribution in [0.4, 0.5) is 32.0 Å². The van der Waals surface area contributed by atoms with E-state index < -0.39 is 52.9 Å². The molecule has 2 aliphatic rings. The molecule has 0 saturated heterocycles. The van der Waals surface area contributed by atoms with E-state index in [1.165, 1.54) is 13.2 Å². The second kappa shape index (κ2) is 17.5. The second-order valence-corrected chi connectivity index (χ2v) is 14.7. The number of alkyl halides is 5. The number of pyridine rings is 1. The summed E-state index contributed by atoms with van der Waals surface area (Å²) in [5, 5.41) is 0.261. The Bertz CT molecular complexity index is 1940. The van der Waals surface area contributed by atoms with Crippen molar-refractivity contribution in [3.05, 3.63) is 65.5 Å². The number of carbonyl (C=O) groups is 2. The number of esters is 2. The second-order valence-electron chi connectivity index (χ2n) is 11.3. The van der Waals surface area contributed by atoms with Crippen molar-refractivity contribution in [3.63, 3.8) is 0 Å². The van der Waals surface area contributed by atoms with Crippen LogP contribution in [0.3, 0.4) is 0 Å². The summed E-state index contributed by atoms with van der Waals surface area (Å²) in [6, 6.07) is 2.64. The fraction of sp³-hybridized carbons (Fsp3) is 0.484. The number of nitrogens with zero attached hydrogens (tertiary/aromatic N) is 5. The molecule has 3 aromatic rings. The molecule has 2 aliphatic heterocycles. The molecular formula is C31H32ClF6N5O5S3. The number of hydrogen-bond donors (Lipinski definition) is 0. The Kier molecular flexibility index (Phi) is 13.9. The first-order valence-corrected chi connectivity index (χ1v) is 18.5. The maximum atomic E-state index is 14.3. The number of halogens is 7. The third kappa shape index (κ3) is 9.78. The number of aromatic nitrogens is 3. The van der Waals surface area contributed by atoms with E-state index in [0.29, 0.717) is 35.1 Å². The van der Waals surface area contributed by atoms with Crippen molar-refractivity contribution in [2.24, 2.45) is 15.9 Å². The van der Waals surface area contributed by atoms with Crippen LogP contribution in [0, 0.1) is 11.7 Å². The van der Waals surface area contributed by atoms with Crippen molar-refractivity contribution in [1.29, 1.82) is 0 Å². The topological polar surface area (TPSA) is 117 Å². The van der Waals surface area contributed by atoms with E-state index in [0.717, 1.165) is 60.9 Å². The van der Waals surface area contributed by atoms with E-state index in [1.54, 1.807) is 23.2 Å². The average molecular weight is 800 g/mol. The molecule has 10 nitrogen and oxygen atoms in total. The predicted molar refractivity (Wildman–Crippen MR) is 183 cm³/mol. The number of carbonyl (C=O) groups excluding carboxylic acids is 2. The Balaban J connectivity index is 0.000000229. The molecule has 0 radical (unpaired) electrons. The quantitative estimate of drug-likeness (QED) is 0.126. The lowest BCUT2D eigenvalue weighted by Crippen LogP contribution is -2.31. The van der Waals surface area contributed by atoms with Crippen LogP contribution in [-0.2, 0) is 40.0 Å². The highest BCUT2D eigenvalue weighted by atomic mass is 35.5. The molecule has 0 saturated carbocycles. The standard InChI is InChI=1S/C16H17F5N2O2S.C15H15ClFN3O3S2/c1-7(2)6-8-9(15(24)25-3)11(13(17)18)23-12(16(19,20)21)10(8)14-22-4-5-26-14;1-23-13(21)8-24-12-7-11(10(17)6-9(12)16)18-14-19-4-2-3-5-20(19)15(22)25-14/h7,13H,4-6H2,1-3H3;6-7H,2-5,8H2,1H3/b;18-14-. The van der Waals surface area contributed by atoms with Crippen LogP contribution in [0.2, 0.25) is 5.02 Å². The van der Waals surface area contributed by atoms with Gasteiger partial charge >= 0.3 is 23.0 Å². The zero-order valence-electron chi connectivity index (χ0n) is 27.6. The van der Waals surface area contributed by atoms with E-state index in [4.69, 9.17) is 11.6 Å². The molecule has 0 fully saturated rings. The molecule has 0 N–H and O–H groups in total. The van der Waals surface area contributed by atoms with Gasteiger partial charge in [0.1, 0.15) is 22.2 Å². The largest absolute Gasteiger partial charge is 0.468 e. The molecule has 2 aromatic heterocycles. The van der Waals surface area contributed by atoms with Gasteiger partial charge in [-0.25, -0.2) is 32.6 Å². The highest BCUT2D eigenvalue weighted by Crippen LogP contribution is 2.40. The first kappa shape index (κ1) is 40.5. The third-order valence-electron chi connectivity index (χ3n) is 7.29. The number of benzene rings is 1. The molecule has 278 valence electrons. The Morgan fingerprint density at radius 2 is 1.80 bits per heavy atom. The summed E-state index contributed by atoms with van der Waals surface area (Å²) in [6.45, 7) is 5.06. The molecule has 4 heterocycles. The van der Waals surface area contributed by atoms with Gasteiger partial charge in [0.05, 0.1) is 30.6 Å². The van der Waals surface area contributed by atoms with E-state index in [-0.39, 0.29) is 44.3 Å². The number of rotatable bonds is 9. The Hall–Kier alpha value is -3.29. The van der Waals surface area contributed by atoms with Crippen molar-refractivity contribution >= 4 is 69.1 Å². The summed E-state index contributed by atoms with van der Waals surface area (Å²) in [6.07, 6.45) is -6.45. The van der Waals surface area contributed by atoms with Gasteiger partial charge in [-0.1, -0.05) is 25.4 Å². The van der Waals surface area contributed by atoms with Gasteiger partial charge in [0.15, 0.2) is 5.69 Å². The minimum atomic E-state index is -4.97. The average Bonchev–Trinajstić information content (AvgIpc) is 3.72. The van der Waals surface area contributed by atoms with Gasteiger partial charge < -0.3 is 9.47 Å². The first-order chi connectivity index (χ1) is 24.1. The highest BCUT2D eigenvalue weighted by molar-refractivity contribution is 8.14. The fourth-order valence-electron chi connectivity index (χ4n) is 5.11. The molecule has 0 spiro atoms. The van der Waals surface area contributed by atoms with Crippen LogP contribution in [0.25, 0.3) is 0 Å². The summed E-state index contributed by atoms with van der Waals surface area (Å²) >= 11 is 9.25. The van der Waals surface area contributed by atoms with Gasteiger partial charge in [-0.3, -0.25) is 19.3 Å². The van der Waals surface area contributed by atoms with Crippen molar-refractivity contribution in [2.45, 2.75) is 63.7 Å². The lowest BCUT2D eigenvalue weighted by Gasteiger charge is -2.22. The molecule has 51 heavy (non-hydrogen) atoms. The minimum absolute atomic E-state index is 0.0231. The fourth-order valence-corrected chi connectivity index (χ4v) is 8.02. The molecule has 0 atom stereocenters. The number of ether oxygens (including phenoxy) is 2. The maximum Gasteiger partial charge on any atom is 0.434 e. The van der Waals surface area contributed by atoms with Crippen molar-refractivity contribution < 1.29 is 45.4 Å². The number of hydrogen-bond acceptors (Lipinski definition) is 11. The predicted octanol–water partition coefficient (Wildman–Crippen LogP) is 7.31. The van der Waals surface area contributed by atoms with Gasteiger partial charge in [0.25, 0.3) is 6.43 Å². The molecule has 0 aliphatic carbocycles. The summed E-state index contributed by atoms with van der Waals surface area (Å²) in [7, 11) is 2.28.